The molecule has 0 bridgehead atoms. The standard InChI is InChI=1S/C16H21N3O2/c20-16(11-13-3-1-2-4-13)18-15-6-5-14(12-17-15)19-7-9-21-10-8-19/h1,3,5-6,12-13H,2,4,7-11H2,(H,17,18,20). The van der Waals surface area contributed by atoms with Gasteiger partial charge in [-0.3, -0.25) is 4.79 Å². The number of ether oxygens (including phenoxy) is 1. The molecule has 112 valence electrons. The molecule has 1 atom stereocenters. The Morgan fingerprint density at radius 1 is 1.38 bits per heavy atom. The zero-order valence-corrected chi connectivity index (χ0v) is 12.1. The number of rotatable bonds is 4. The fraction of sp³-hybridized carbons (Fsp3) is 0.500. The number of allylic oxidation sites excluding steroid dienone is 2. The molecule has 1 aliphatic heterocycles. The predicted octanol–water partition coefficient (Wildman–Crippen LogP) is 2.21. The fourth-order valence-electron chi connectivity index (χ4n) is 2.77. The first kappa shape index (κ1) is 14.1. The van der Waals surface area contributed by atoms with E-state index in [2.05, 4.69) is 27.4 Å². The summed E-state index contributed by atoms with van der Waals surface area (Å²) in [4.78, 5) is 18.5. The number of morpholine rings is 1. The Balaban J connectivity index is 1.53. The Bertz CT molecular complexity index is 507. The Hall–Kier alpha value is -1.88. The van der Waals surface area contributed by atoms with Crippen LogP contribution in [0.15, 0.2) is 30.5 Å². The van der Waals surface area contributed by atoms with Crippen molar-refractivity contribution in [2.45, 2.75) is 19.3 Å². The minimum absolute atomic E-state index is 0.0400. The summed E-state index contributed by atoms with van der Waals surface area (Å²) < 4.78 is 5.34. The molecule has 1 aliphatic carbocycles. The van der Waals surface area contributed by atoms with Crippen molar-refractivity contribution in [2.75, 3.05) is 36.5 Å². The van der Waals surface area contributed by atoms with Gasteiger partial charge in [0.1, 0.15) is 5.82 Å². The Kier molecular flexibility index (Phi) is 4.50. The van der Waals surface area contributed by atoms with Crippen molar-refractivity contribution in [2.24, 2.45) is 5.92 Å². The highest BCUT2D eigenvalue weighted by Gasteiger charge is 2.15. The van der Waals surface area contributed by atoms with E-state index in [1.54, 1.807) is 0 Å². The maximum Gasteiger partial charge on any atom is 0.226 e. The molecule has 1 saturated heterocycles. The topological polar surface area (TPSA) is 54.5 Å². The Labute approximate surface area is 125 Å². The van der Waals surface area contributed by atoms with Crippen LogP contribution in [-0.2, 0) is 9.53 Å². The number of hydrogen-bond acceptors (Lipinski definition) is 4. The zero-order chi connectivity index (χ0) is 14.5. The molecule has 1 fully saturated rings. The second-order valence-electron chi connectivity index (χ2n) is 5.52. The maximum atomic E-state index is 11.9. The van der Waals surface area contributed by atoms with Gasteiger partial charge in [-0.25, -0.2) is 4.98 Å². The Morgan fingerprint density at radius 3 is 2.90 bits per heavy atom. The van der Waals surface area contributed by atoms with Gasteiger partial charge in [0.05, 0.1) is 25.1 Å². The minimum atomic E-state index is 0.0400. The molecule has 2 heterocycles. The molecule has 1 amide bonds. The van der Waals surface area contributed by atoms with Crippen molar-refractivity contribution in [1.82, 2.24) is 4.98 Å². The lowest BCUT2D eigenvalue weighted by Gasteiger charge is -2.28. The lowest BCUT2D eigenvalue weighted by atomic mass is 10.1. The quantitative estimate of drug-likeness (QED) is 0.863. The summed E-state index contributed by atoms with van der Waals surface area (Å²) in [5.74, 6) is 1.05. The van der Waals surface area contributed by atoms with Gasteiger partial charge in [0, 0.05) is 19.5 Å². The summed E-state index contributed by atoms with van der Waals surface area (Å²) in [6, 6.07) is 3.87. The van der Waals surface area contributed by atoms with Crippen molar-refractivity contribution >= 4 is 17.4 Å². The van der Waals surface area contributed by atoms with Crippen LogP contribution in [0.3, 0.4) is 0 Å². The molecule has 0 spiro atoms. The number of anilines is 2. The van der Waals surface area contributed by atoms with Gasteiger partial charge in [-0.15, -0.1) is 0 Å². The van der Waals surface area contributed by atoms with Crippen LogP contribution < -0.4 is 10.2 Å². The molecule has 0 aromatic carbocycles. The summed E-state index contributed by atoms with van der Waals surface area (Å²) in [6.45, 7) is 3.30. The van der Waals surface area contributed by atoms with Gasteiger partial charge >= 0.3 is 0 Å². The first-order chi connectivity index (χ1) is 10.3. The third kappa shape index (κ3) is 3.82. The lowest BCUT2D eigenvalue weighted by Crippen LogP contribution is -2.36. The zero-order valence-electron chi connectivity index (χ0n) is 12.1. The summed E-state index contributed by atoms with van der Waals surface area (Å²) in [6.07, 6.45) is 8.81. The third-order valence-corrected chi connectivity index (χ3v) is 3.95. The molecule has 2 aliphatic rings. The largest absolute Gasteiger partial charge is 0.378 e. The molecule has 1 unspecified atom stereocenters. The van der Waals surface area contributed by atoms with E-state index >= 15 is 0 Å². The molecule has 1 aromatic rings. The molecule has 0 saturated carbocycles. The van der Waals surface area contributed by atoms with Crippen molar-refractivity contribution in [3.63, 3.8) is 0 Å². The molecule has 21 heavy (non-hydrogen) atoms. The number of hydrogen-bond donors (Lipinski definition) is 1. The summed E-state index contributed by atoms with van der Waals surface area (Å²) in [7, 11) is 0. The molecule has 0 radical (unpaired) electrons. The van der Waals surface area contributed by atoms with Gasteiger partial charge in [-0.2, -0.15) is 0 Å². The summed E-state index contributed by atoms with van der Waals surface area (Å²) in [5.41, 5.74) is 1.08. The van der Waals surface area contributed by atoms with E-state index < -0.39 is 0 Å². The molecule has 1 aromatic heterocycles. The number of pyridine rings is 1. The van der Waals surface area contributed by atoms with Crippen LogP contribution in [0, 0.1) is 5.92 Å². The number of carbonyl (C=O) groups is 1. The van der Waals surface area contributed by atoms with E-state index in [1.807, 2.05) is 18.3 Å². The number of amides is 1. The van der Waals surface area contributed by atoms with Crippen LogP contribution in [-0.4, -0.2) is 37.2 Å². The van der Waals surface area contributed by atoms with E-state index in [0.717, 1.165) is 44.8 Å². The van der Waals surface area contributed by atoms with E-state index in [4.69, 9.17) is 4.74 Å². The molecule has 1 N–H and O–H groups in total. The van der Waals surface area contributed by atoms with Crippen molar-refractivity contribution in [3.05, 3.63) is 30.5 Å². The van der Waals surface area contributed by atoms with Crippen LogP contribution in [0.4, 0.5) is 11.5 Å². The number of nitrogens with one attached hydrogen (secondary N) is 1. The molecular formula is C16H21N3O2. The van der Waals surface area contributed by atoms with E-state index in [-0.39, 0.29) is 5.91 Å². The first-order valence-corrected chi connectivity index (χ1v) is 7.56. The van der Waals surface area contributed by atoms with Gasteiger partial charge in [-0.1, -0.05) is 12.2 Å². The van der Waals surface area contributed by atoms with Crippen molar-refractivity contribution in [1.29, 1.82) is 0 Å². The summed E-state index contributed by atoms with van der Waals surface area (Å²) >= 11 is 0. The molecule has 5 nitrogen and oxygen atoms in total. The third-order valence-electron chi connectivity index (χ3n) is 3.95. The number of nitrogens with zero attached hydrogens (tertiary/aromatic N) is 2. The first-order valence-electron chi connectivity index (χ1n) is 7.56. The molecule has 3 rings (SSSR count). The molecule has 5 heteroatoms. The smallest absolute Gasteiger partial charge is 0.226 e. The highest BCUT2D eigenvalue weighted by atomic mass is 16.5. The predicted molar refractivity (Wildman–Crippen MR) is 82.4 cm³/mol. The SMILES string of the molecule is O=C(CC1C=CCC1)Nc1ccc(N2CCOCC2)cn1. The van der Waals surface area contributed by atoms with Gasteiger partial charge < -0.3 is 15.0 Å². The Morgan fingerprint density at radius 2 is 2.24 bits per heavy atom. The maximum absolute atomic E-state index is 11.9. The number of aromatic nitrogens is 1. The number of carbonyl (C=O) groups excluding carboxylic acids is 1. The second-order valence-corrected chi connectivity index (χ2v) is 5.52. The van der Waals surface area contributed by atoms with E-state index in [0.29, 0.717) is 18.2 Å². The summed E-state index contributed by atoms with van der Waals surface area (Å²) in [5, 5.41) is 2.87. The van der Waals surface area contributed by atoms with Crippen LogP contribution in [0.2, 0.25) is 0 Å². The van der Waals surface area contributed by atoms with Gasteiger partial charge in [-0.05, 0) is 30.9 Å². The average molecular weight is 287 g/mol. The normalized spacial score (nSPS) is 21.5. The van der Waals surface area contributed by atoms with Crippen molar-refractivity contribution in [3.8, 4) is 0 Å². The molecular weight excluding hydrogens is 266 g/mol. The fourth-order valence-corrected chi connectivity index (χ4v) is 2.77. The second kappa shape index (κ2) is 6.72. The highest BCUT2D eigenvalue weighted by molar-refractivity contribution is 5.90. The van der Waals surface area contributed by atoms with Crippen LogP contribution >= 0.6 is 0 Å². The monoisotopic (exact) mass is 287 g/mol. The van der Waals surface area contributed by atoms with Gasteiger partial charge in [0.2, 0.25) is 5.91 Å². The van der Waals surface area contributed by atoms with Gasteiger partial charge in [0.25, 0.3) is 0 Å². The van der Waals surface area contributed by atoms with E-state index in [1.165, 1.54) is 0 Å². The lowest BCUT2D eigenvalue weighted by molar-refractivity contribution is -0.116. The highest BCUT2D eigenvalue weighted by Crippen LogP contribution is 2.21. The minimum Gasteiger partial charge on any atom is -0.378 e. The van der Waals surface area contributed by atoms with E-state index in [9.17, 15) is 4.79 Å². The average Bonchev–Trinajstić information content (AvgIpc) is 3.02. The van der Waals surface area contributed by atoms with Crippen LogP contribution in [0.5, 0.6) is 0 Å². The van der Waals surface area contributed by atoms with Crippen LogP contribution in [0.25, 0.3) is 0 Å². The van der Waals surface area contributed by atoms with Gasteiger partial charge in [0.15, 0.2) is 0 Å². The van der Waals surface area contributed by atoms with Crippen LogP contribution in [0.1, 0.15) is 19.3 Å². The van der Waals surface area contributed by atoms with Crippen molar-refractivity contribution < 1.29 is 9.53 Å².